The van der Waals surface area contributed by atoms with Crippen LogP contribution in [0.5, 0.6) is 0 Å². The molecule has 0 aromatic carbocycles. The van der Waals surface area contributed by atoms with Gasteiger partial charge in [0.15, 0.2) is 12.4 Å². The van der Waals surface area contributed by atoms with Crippen LogP contribution in [0.25, 0.3) is 0 Å². The maximum absolute atomic E-state index is 10.6. The lowest BCUT2D eigenvalue weighted by Crippen LogP contribution is -2.38. The van der Waals surface area contributed by atoms with E-state index in [0.717, 1.165) is 0 Å². The SMILES string of the molecule is CC(=O)[n+]1ccccc1.O. The highest BCUT2D eigenvalue weighted by molar-refractivity contribution is 5.62. The molecule has 0 spiro atoms. The Labute approximate surface area is 59.2 Å². The summed E-state index contributed by atoms with van der Waals surface area (Å²) in [4.78, 5) is 10.6. The second kappa shape index (κ2) is 3.74. The van der Waals surface area contributed by atoms with E-state index in [2.05, 4.69) is 0 Å². The molecule has 1 aromatic rings. The Hall–Kier alpha value is -1.22. The number of hydrogen-bond acceptors (Lipinski definition) is 1. The summed E-state index contributed by atoms with van der Waals surface area (Å²) in [5.74, 6) is 0.0376. The van der Waals surface area contributed by atoms with Crippen molar-refractivity contribution in [2.75, 3.05) is 0 Å². The first-order chi connectivity index (χ1) is 4.30. The van der Waals surface area contributed by atoms with Crippen LogP contribution >= 0.6 is 0 Å². The van der Waals surface area contributed by atoms with E-state index in [1.54, 1.807) is 12.4 Å². The normalized spacial score (nSPS) is 8.10. The Morgan fingerprint density at radius 3 is 2.00 bits per heavy atom. The van der Waals surface area contributed by atoms with Gasteiger partial charge in [-0.25, -0.2) is 4.79 Å². The van der Waals surface area contributed by atoms with E-state index in [1.165, 1.54) is 11.5 Å². The number of pyridine rings is 1. The second-order valence-electron chi connectivity index (χ2n) is 1.80. The van der Waals surface area contributed by atoms with Crippen molar-refractivity contribution in [2.45, 2.75) is 6.92 Å². The van der Waals surface area contributed by atoms with E-state index < -0.39 is 0 Å². The van der Waals surface area contributed by atoms with Crippen LogP contribution in [0.1, 0.15) is 11.7 Å². The van der Waals surface area contributed by atoms with E-state index in [1.807, 2.05) is 18.2 Å². The Bertz CT molecular complexity index is 208. The molecule has 0 radical (unpaired) electrons. The van der Waals surface area contributed by atoms with Gasteiger partial charge in [0.1, 0.15) is 0 Å². The van der Waals surface area contributed by atoms with Gasteiger partial charge in [0, 0.05) is 12.1 Å². The molecule has 0 atom stereocenters. The molecule has 0 unspecified atom stereocenters. The first-order valence-electron chi connectivity index (χ1n) is 2.78. The first-order valence-corrected chi connectivity index (χ1v) is 2.78. The molecule has 10 heavy (non-hydrogen) atoms. The van der Waals surface area contributed by atoms with Crippen LogP contribution < -0.4 is 4.57 Å². The number of hydrogen-bond donors (Lipinski definition) is 0. The summed E-state index contributed by atoms with van der Waals surface area (Å²) in [5, 5.41) is 0. The molecule has 0 aliphatic rings. The van der Waals surface area contributed by atoms with Crippen LogP contribution in [0, 0.1) is 0 Å². The summed E-state index contributed by atoms with van der Waals surface area (Å²) >= 11 is 0. The smallest absolute Gasteiger partial charge is 0.389 e. The molecule has 0 aliphatic heterocycles. The van der Waals surface area contributed by atoms with Crippen molar-refractivity contribution in [1.29, 1.82) is 0 Å². The van der Waals surface area contributed by atoms with Crippen molar-refractivity contribution in [2.24, 2.45) is 0 Å². The first kappa shape index (κ1) is 8.78. The molecule has 0 saturated carbocycles. The third kappa shape index (κ3) is 1.95. The van der Waals surface area contributed by atoms with Crippen molar-refractivity contribution >= 4 is 5.91 Å². The van der Waals surface area contributed by atoms with Crippen molar-refractivity contribution in [3.8, 4) is 0 Å². The number of aromatic nitrogens is 1. The maximum atomic E-state index is 10.6. The highest BCUT2D eigenvalue weighted by atomic mass is 16.1. The second-order valence-corrected chi connectivity index (χ2v) is 1.80. The molecule has 3 nitrogen and oxygen atoms in total. The van der Waals surface area contributed by atoms with Crippen molar-refractivity contribution in [3.63, 3.8) is 0 Å². The minimum absolute atomic E-state index is 0. The molecule has 0 fully saturated rings. The van der Waals surface area contributed by atoms with Gasteiger partial charge in [0.2, 0.25) is 0 Å². The van der Waals surface area contributed by atoms with Crippen LogP contribution in [0.3, 0.4) is 0 Å². The monoisotopic (exact) mass is 140 g/mol. The maximum Gasteiger partial charge on any atom is 0.389 e. The van der Waals surface area contributed by atoms with Gasteiger partial charge < -0.3 is 5.48 Å². The summed E-state index contributed by atoms with van der Waals surface area (Å²) in [7, 11) is 0. The lowest BCUT2D eigenvalue weighted by atomic mass is 10.5. The van der Waals surface area contributed by atoms with Gasteiger partial charge in [-0.3, -0.25) is 0 Å². The number of nitrogens with zero attached hydrogens (tertiary/aromatic N) is 1. The Morgan fingerprint density at radius 2 is 1.70 bits per heavy atom. The van der Waals surface area contributed by atoms with Crippen LogP contribution in [0.4, 0.5) is 0 Å². The molecule has 54 valence electrons. The number of rotatable bonds is 0. The molecular weight excluding hydrogens is 130 g/mol. The minimum atomic E-state index is 0. The zero-order valence-corrected chi connectivity index (χ0v) is 5.74. The highest BCUT2D eigenvalue weighted by Crippen LogP contribution is 1.75. The fraction of sp³-hybridized carbons (Fsp3) is 0.143. The Morgan fingerprint density at radius 1 is 1.20 bits per heavy atom. The molecule has 0 amide bonds. The summed E-state index contributed by atoms with van der Waals surface area (Å²) in [6.07, 6.45) is 3.45. The van der Waals surface area contributed by atoms with Crippen molar-refractivity contribution in [3.05, 3.63) is 30.6 Å². The molecular formula is C7H10NO2+. The lowest BCUT2D eigenvalue weighted by molar-refractivity contribution is -0.572. The summed E-state index contributed by atoms with van der Waals surface area (Å²) in [5.41, 5.74) is 0. The molecule has 3 heteroatoms. The van der Waals surface area contributed by atoms with E-state index in [4.69, 9.17) is 0 Å². The zero-order valence-electron chi connectivity index (χ0n) is 5.74. The van der Waals surface area contributed by atoms with E-state index in [9.17, 15) is 4.79 Å². The molecule has 1 aromatic heterocycles. The van der Waals surface area contributed by atoms with Crippen LogP contribution in [0.15, 0.2) is 30.6 Å². The van der Waals surface area contributed by atoms with E-state index in [0.29, 0.717) is 0 Å². The number of carbonyl (C=O) groups excluding carboxylic acids is 1. The van der Waals surface area contributed by atoms with Crippen LogP contribution in [-0.4, -0.2) is 11.4 Å². The standard InChI is InChI=1S/C7H8NO.H2O/c1-7(9)8-5-3-2-4-6-8;/h2-6H,1H3;1H2/q+1;. The fourth-order valence-electron chi connectivity index (χ4n) is 0.609. The van der Waals surface area contributed by atoms with E-state index >= 15 is 0 Å². The quantitative estimate of drug-likeness (QED) is 0.461. The third-order valence-corrected chi connectivity index (χ3v) is 1.08. The Balaban J connectivity index is 0.000000810. The van der Waals surface area contributed by atoms with E-state index in [-0.39, 0.29) is 11.4 Å². The lowest BCUT2D eigenvalue weighted by Gasteiger charge is -1.83. The van der Waals surface area contributed by atoms with Gasteiger partial charge in [-0.2, -0.15) is 0 Å². The van der Waals surface area contributed by atoms with Gasteiger partial charge in [0.05, 0.1) is 6.92 Å². The van der Waals surface area contributed by atoms with Crippen molar-refractivity contribution < 1.29 is 14.8 Å². The summed E-state index contributed by atoms with van der Waals surface area (Å²) in [6, 6.07) is 5.52. The third-order valence-electron chi connectivity index (χ3n) is 1.08. The average molecular weight is 140 g/mol. The molecule has 1 rings (SSSR count). The molecule has 1 heterocycles. The van der Waals surface area contributed by atoms with Gasteiger partial charge >= 0.3 is 5.91 Å². The summed E-state index contributed by atoms with van der Waals surface area (Å²) in [6.45, 7) is 1.53. The fourth-order valence-corrected chi connectivity index (χ4v) is 0.609. The van der Waals surface area contributed by atoms with Crippen LogP contribution in [-0.2, 0) is 0 Å². The highest BCUT2D eigenvalue weighted by Gasteiger charge is 2.01. The average Bonchev–Trinajstić information content (AvgIpc) is 1.90. The Kier molecular flexibility index (Phi) is 3.28. The molecule has 2 N–H and O–H groups in total. The molecule has 0 aliphatic carbocycles. The van der Waals surface area contributed by atoms with Gasteiger partial charge in [-0.1, -0.05) is 6.07 Å². The van der Waals surface area contributed by atoms with Gasteiger partial charge in [-0.05, 0) is 0 Å². The topological polar surface area (TPSA) is 52.5 Å². The number of carbonyl (C=O) groups is 1. The van der Waals surface area contributed by atoms with Gasteiger partial charge in [-0.15, -0.1) is 4.57 Å². The van der Waals surface area contributed by atoms with Gasteiger partial charge in [0.25, 0.3) is 0 Å². The van der Waals surface area contributed by atoms with Crippen LogP contribution in [0.2, 0.25) is 0 Å². The molecule has 0 bridgehead atoms. The minimum Gasteiger partial charge on any atom is -0.412 e. The largest absolute Gasteiger partial charge is 0.412 e. The predicted octanol–water partition coefficient (Wildman–Crippen LogP) is -0.190. The van der Waals surface area contributed by atoms with Crippen molar-refractivity contribution in [1.82, 2.24) is 0 Å². The zero-order chi connectivity index (χ0) is 6.69. The summed E-state index contributed by atoms with van der Waals surface area (Å²) < 4.78 is 1.53. The predicted molar refractivity (Wildman–Crippen MR) is 36.6 cm³/mol. The molecule has 0 saturated heterocycles.